The zero-order chi connectivity index (χ0) is 10.8. The molecule has 0 aliphatic carbocycles. The fraction of sp³-hybridized carbons (Fsp3) is 0. The Bertz CT molecular complexity index is 528. The van der Waals surface area contributed by atoms with Crippen LogP contribution < -0.4 is 0 Å². The number of halogens is 2. The molecule has 0 bridgehead atoms. The van der Waals surface area contributed by atoms with Crippen molar-refractivity contribution in [3.63, 3.8) is 0 Å². The van der Waals surface area contributed by atoms with Crippen LogP contribution in [0.15, 0.2) is 34.9 Å². The van der Waals surface area contributed by atoms with E-state index in [0.29, 0.717) is 11.3 Å². The van der Waals surface area contributed by atoms with Crippen LogP contribution in [0.2, 0.25) is 0 Å². The fourth-order valence-electron chi connectivity index (χ4n) is 1.25. The zero-order valence-electron chi connectivity index (χ0n) is 7.50. The molecule has 0 N–H and O–H groups in total. The summed E-state index contributed by atoms with van der Waals surface area (Å²) in [5.74, 6) is 0.0760. The normalized spacial score (nSPS) is 9.93. The third kappa shape index (κ3) is 1.88. The molecule has 2 aromatic rings. The molecular weight excluding hydrogens is 308 g/mol. The Balaban J connectivity index is 2.61. The summed E-state index contributed by atoms with van der Waals surface area (Å²) in [6.07, 6.45) is 1.53. The molecule has 1 aromatic carbocycles. The summed E-state index contributed by atoms with van der Waals surface area (Å²) in [7, 11) is 0. The van der Waals surface area contributed by atoms with Crippen LogP contribution in [0.5, 0.6) is 0 Å². The van der Waals surface area contributed by atoms with E-state index in [1.165, 1.54) is 18.4 Å². The van der Waals surface area contributed by atoms with Gasteiger partial charge in [0.2, 0.25) is 0 Å². The zero-order valence-corrected chi connectivity index (χ0v) is 9.66. The number of hydrogen-bond acceptors (Lipinski definition) is 2. The summed E-state index contributed by atoms with van der Waals surface area (Å²) in [5.41, 5.74) is 0.715. The number of hydrogen-bond donors (Lipinski definition) is 0. The molecule has 0 spiro atoms. The summed E-state index contributed by atoms with van der Waals surface area (Å²) in [5, 5.41) is 8.65. The molecule has 0 atom stereocenters. The molecule has 1 heterocycles. The summed E-state index contributed by atoms with van der Waals surface area (Å²) < 4.78 is 19.3. The Labute approximate surface area is 99.5 Å². The lowest BCUT2D eigenvalue weighted by Crippen LogP contribution is -1.89. The second kappa shape index (κ2) is 4.03. The minimum atomic E-state index is -0.524. The van der Waals surface area contributed by atoms with Crippen LogP contribution >= 0.6 is 22.6 Å². The van der Waals surface area contributed by atoms with Crippen LogP contribution in [0.25, 0.3) is 11.3 Å². The molecular formula is C11H5FINO. The third-order valence-electron chi connectivity index (χ3n) is 1.96. The van der Waals surface area contributed by atoms with Crippen LogP contribution in [0.4, 0.5) is 4.39 Å². The minimum Gasteiger partial charge on any atom is -0.464 e. The van der Waals surface area contributed by atoms with Crippen molar-refractivity contribution in [3.8, 4) is 17.4 Å². The Morgan fingerprint density at radius 2 is 2.20 bits per heavy atom. The van der Waals surface area contributed by atoms with Crippen LogP contribution in [0, 0.1) is 20.7 Å². The highest BCUT2D eigenvalue weighted by Gasteiger charge is 2.11. The van der Waals surface area contributed by atoms with Crippen molar-refractivity contribution < 1.29 is 8.81 Å². The lowest BCUT2D eigenvalue weighted by Gasteiger charge is -2.02. The van der Waals surface area contributed by atoms with Gasteiger partial charge in [0.1, 0.15) is 17.6 Å². The van der Waals surface area contributed by atoms with E-state index in [-0.39, 0.29) is 5.56 Å². The summed E-state index contributed by atoms with van der Waals surface area (Å²) >= 11 is 2.05. The molecule has 0 unspecified atom stereocenters. The molecule has 15 heavy (non-hydrogen) atoms. The Morgan fingerprint density at radius 1 is 1.40 bits per heavy atom. The van der Waals surface area contributed by atoms with Gasteiger partial charge in [-0.1, -0.05) is 0 Å². The monoisotopic (exact) mass is 313 g/mol. The first-order valence-corrected chi connectivity index (χ1v) is 5.23. The summed E-state index contributed by atoms with van der Waals surface area (Å²) in [6.45, 7) is 0. The van der Waals surface area contributed by atoms with Crippen molar-refractivity contribution in [1.29, 1.82) is 5.26 Å². The van der Waals surface area contributed by atoms with E-state index >= 15 is 0 Å². The molecule has 0 amide bonds. The lowest BCUT2D eigenvalue weighted by atomic mass is 10.1. The third-order valence-corrected chi connectivity index (χ3v) is 2.86. The van der Waals surface area contributed by atoms with E-state index in [2.05, 4.69) is 0 Å². The molecule has 0 radical (unpaired) electrons. The fourth-order valence-corrected chi connectivity index (χ4v) is 1.99. The van der Waals surface area contributed by atoms with Gasteiger partial charge in [0.15, 0.2) is 0 Å². The average Bonchev–Trinajstić information content (AvgIpc) is 2.74. The highest BCUT2D eigenvalue weighted by Crippen LogP contribution is 2.27. The smallest absolute Gasteiger partial charge is 0.141 e. The van der Waals surface area contributed by atoms with Crippen molar-refractivity contribution in [2.75, 3.05) is 0 Å². The highest BCUT2D eigenvalue weighted by atomic mass is 127. The van der Waals surface area contributed by atoms with Crippen molar-refractivity contribution in [1.82, 2.24) is 0 Å². The van der Waals surface area contributed by atoms with Gasteiger partial charge in [-0.2, -0.15) is 5.26 Å². The number of furan rings is 1. The molecule has 0 aliphatic rings. The lowest BCUT2D eigenvalue weighted by molar-refractivity contribution is 0.579. The second-order valence-corrected chi connectivity index (χ2v) is 4.06. The Morgan fingerprint density at radius 3 is 2.80 bits per heavy atom. The second-order valence-electron chi connectivity index (χ2n) is 2.90. The van der Waals surface area contributed by atoms with Gasteiger partial charge in [0.25, 0.3) is 0 Å². The van der Waals surface area contributed by atoms with E-state index in [1.54, 1.807) is 18.2 Å². The van der Waals surface area contributed by atoms with Crippen molar-refractivity contribution in [3.05, 3.63) is 45.5 Å². The maximum Gasteiger partial charge on any atom is 0.141 e. The summed E-state index contributed by atoms with van der Waals surface area (Å²) in [4.78, 5) is 0. The van der Waals surface area contributed by atoms with Crippen molar-refractivity contribution in [2.24, 2.45) is 0 Å². The van der Waals surface area contributed by atoms with E-state index < -0.39 is 5.82 Å². The van der Waals surface area contributed by atoms with E-state index in [1.807, 2.05) is 22.6 Å². The van der Waals surface area contributed by atoms with E-state index in [9.17, 15) is 4.39 Å². The van der Waals surface area contributed by atoms with Gasteiger partial charge in [-0.15, -0.1) is 0 Å². The maximum atomic E-state index is 13.4. The predicted molar refractivity (Wildman–Crippen MR) is 61.5 cm³/mol. The first kappa shape index (κ1) is 10.2. The van der Waals surface area contributed by atoms with Gasteiger partial charge in [-0.25, -0.2) is 4.39 Å². The van der Waals surface area contributed by atoms with Crippen LogP contribution in [-0.4, -0.2) is 0 Å². The molecule has 4 heteroatoms. The van der Waals surface area contributed by atoms with E-state index in [0.717, 1.165) is 3.57 Å². The SMILES string of the molecule is N#Cc1cc(I)c(-c2ccco2)cc1F. The van der Waals surface area contributed by atoms with Gasteiger partial charge in [0, 0.05) is 9.13 Å². The van der Waals surface area contributed by atoms with Gasteiger partial charge >= 0.3 is 0 Å². The molecule has 0 fully saturated rings. The molecule has 0 saturated heterocycles. The topological polar surface area (TPSA) is 36.9 Å². The van der Waals surface area contributed by atoms with Crippen molar-refractivity contribution in [2.45, 2.75) is 0 Å². The largest absolute Gasteiger partial charge is 0.464 e. The van der Waals surface area contributed by atoms with Crippen LogP contribution in [0.3, 0.4) is 0 Å². The first-order valence-electron chi connectivity index (χ1n) is 4.15. The van der Waals surface area contributed by atoms with Crippen molar-refractivity contribution >= 4 is 22.6 Å². The summed E-state index contributed by atoms with van der Waals surface area (Å²) in [6, 6.07) is 8.12. The van der Waals surface area contributed by atoms with Gasteiger partial charge < -0.3 is 4.42 Å². The van der Waals surface area contributed by atoms with Crippen LogP contribution in [0.1, 0.15) is 5.56 Å². The number of nitriles is 1. The average molecular weight is 313 g/mol. The standard InChI is InChI=1S/C11H5FINO/c12-9-5-8(11-2-1-3-15-11)10(13)4-7(9)6-14/h1-5H. The van der Waals surface area contributed by atoms with Gasteiger partial charge in [0.05, 0.1) is 11.8 Å². The van der Waals surface area contributed by atoms with Gasteiger partial charge in [-0.05, 0) is 46.9 Å². The molecule has 2 rings (SSSR count). The molecule has 2 nitrogen and oxygen atoms in total. The molecule has 0 saturated carbocycles. The molecule has 0 aliphatic heterocycles. The Hall–Kier alpha value is -1.35. The molecule has 74 valence electrons. The minimum absolute atomic E-state index is 0.0507. The predicted octanol–water partition coefficient (Wildman–Crippen LogP) is 3.56. The number of benzene rings is 1. The maximum absolute atomic E-state index is 13.4. The first-order chi connectivity index (χ1) is 7.22. The van der Waals surface area contributed by atoms with Crippen LogP contribution in [-0.2, 0) is 0 Å². The quantitative estimate of drug-likeness (QED) is 0.755. The number of nitrogens with zero attached hydrogens (tertiary/aromatic N) is 1. The highest BCUT2D eigenvalue weighted by molar-refractivity contribution is 14.1. The molecule has 1 aromatic heterocycles. The van der Waals surface area contributed by atoms with Gasteiger partial charge in [-0.3, -0.25) is 0 Å². The van der Waals surface area contributed by atoms with E-state index in [4.69, 9.17) is 9.68 Å². The Kier molecular flexibility index (Phi) is 2.73. The number of rotatable bonds is 1.